The van der Waals surface area contributed by atoms with E-state index in [0.29, 0.717) is 23.9 Å². The lowest BCUT2D eigenvalue weighted by molar-refractivity contribution is -0.870. The van der Waals surface area contributed by atoms with Crippen LogP contribution in [0.4, 0.5) is 0 Å². The molecule has 0 aromatic rings. The minimum absolute atomic E-state index is 0.0151. The molecule has 0 radical (unpaired) electrons. The Labute approximate surface area is 366 Å². The second kappa shape index (κ2) is 41.0. The minimum Gasteiger partial charge on any atom is -0.462 e. The topological polar surface area (TPSA) is 108 Å². The Balaban J connectivity index is 4.33. The fourth-order valence-corrected chi connectivity index (χ4v) is 6.05. The molecule has 2 atom stereocenters. The molecule has 0 amide bonds. The average molecular weight is 857 g/mol. The highest BCUT2D eigenvalue weighted by molar-refractivity contribution is 7.47. The summed E-state index contributed by atoms with van der Waals surface area (Å²) >= 11 is 0. The summed E-state index contributed by atoms with van der Waals surface area (Å²) in [5, 5.41) is 0. The first-order valence-electron chi connectivity index (χ1n) is 22.6. The number of phosphoric acid groups is 1. The van der Waals surface area contributed by atoms with Crippen molar-refractivity contribution in [3.05, 3.63) is 109 Å². The average Bonchev–Trinajstić information content (AvgIpc) is 3.20. The molecule has 0 spiro atoms. The summed E-state index contributed by atoms with van der Waals surface area (Å²) in [5.41, 5.74) is 0. The van der Waals surface area contributed by atoms with Crippen molar-refractivity contribution < 1.29 is 42.1 Å². The quantitative estimate of drug-likeness (QED) is 0.0214. The van der Waals surface area contributed by atoms with Gasteiger partial charge in [-0.15, -0.1) is 0 Å². The standard InChI is InChI=1S/C50H82NO8P/c1-6-8-10-12-14-15-16-17-18-19-20-21-22-23-24-25-26-27-28-29-30-31-32-33-34-35-37-39-41-43-50(53)59-48(47-58-60(54,55)57-45-44-51(3,4)5)46-56-49(52)42-40-38-36-13-11-9-7-2/h8,10,14-15,17-18,20-21,23-24,26-27,29-30,32-33,35,37,48H,6-7,9,11-13,16,19,22,25,28,31,34,36,38-47H2,1-5H3/p+1/b10-8-,15-14-,18-17-,21-20-,24-23-,27-26-,30-29-,33-32-,37-35-. The van der Waals surface area contributed by atoms with Gasteiger partial charge >= 0.3 is 19.8 Å². The number of carbonyl (C=O) groups is 2. The molecule has 0 rings (SSSR count). The number of carbonyl (C=O) groups excluding carboxylic acids is 2. The van der Waals surface area contributed by atoms with E-state index in [1.165, 1.54) is 19.3 Å². The van der Waals surface area contributed by atoms with Gasteiger partial charge < -0.3 is 18.9 Å². The minimum atomic E-state index is -4.39. The Morgan fingerprint density at radius 3 is 1.40 bits per heavy atom. The van der Waals surface area contributed by atoms with E-state index >= 15 is 0 Å². The van der Waals surface area contributed by atoms with Crippen molar-refractivity contribution in [2.75, 3.05) is 47.5 Å². The number of hydrogen-bond acceptors (Lipinski definition) is 7. The largest absolute Gasteiger partial charge is 0.472 e. The predicted molar refractivity (Wildman–Crippen MR) is 251 cm³/mol. The van der Waals surface area contributed by atoms with Crippen LogP contribution in [0.3, 0.4) is 0 Å². The molecule has 0 saturated heterocycles. The van der Waals surface area contributed by atoms with Crippen LogP contribution in [0.2, 0.25) is 0 Å². The molecule has 2 unspecified atom stereocenters. The highest BCUT2D eigenvalue weighted by Crippen LogP contribution is 2.43. The van der Waals surface area contributed by atoms with Crippen LogP contribution in [-0.2, 0) is 32.7 Å². The Hall–Kier alpha value is -3.33. The number of hydrogen-bond donors (Lipinski definition) is 1. The van der Waals surface area contributed by atoms with Gasteiger partial charge in [0.2, 0.25) is 0 Å². The maximum Gasteiger partial charge on any atom is 0.472 e. The van der Waals surface area contributed by atoms with E-state index in [4.69, 9.17) is 18.5 Å². The molecule has 0 aliphatic rings. The Bertz CT molecular complexity index is 1380. The molecule has 0 aliphatic heterocycles. The number of likely N-dealkylation sites (N-methyl/N-ethyl adjacent to an activating group) is 1. The van der Waals surface area contributed by atoms with Crippen LogP contribution in [0.1, 0.15) is 142 Å². The fraction of sp³-hybridized carbons (Fsp3) is 0.600. The Morgan fingerprint density at radius 2 is 0.950 bits per heavy atom. The van der Waals surface area contributed by atoms with Crippen LogP contribution >= 0.6 is 7.82 Å². The van der Waals surface area contributed by atoms with E-state index in [0.717, 1.165) is 83.5 Å². The van der Waals surface area contributed by atoms with Gasteiger partial charge in [0, 0.05) is 12.8 Å². The Kier molecular flexibility index (Phi) is 38.8. The Morgan fingerprint density at radius 1 is 0.533 bits per heavy atom. The highest BCUT2D eigenvalue weighted by atomic mass is 31.2. The number of allylic oxidation sites excluding steroid dienone is 18. The number of ether oxygens (including phenoxy) is 2. The monoisotopic (exact) mass is 857 g/mol. The third-order valence-corrected chi connectivity index (χ3v) is 9.80. The predicted octanol–water partition coefficient (Wildman–Crippen LogP) is 13.1. The maximum atomic E-state index is 12.6. The van der Waals surface area contributed by atoms with Gasteiger partial charge in [-0.1, -0.05) is 162 Å². The van der Waals surface area contributed by atoms with Crippen molar-refractivity contribution in [1.29, 1.82) is 0 Å². The molecule has 0 heterocycles. The summed E-state index contributed by atoms with van der Waals surface area (Å²) in [6.07, 6.45) is 56.1. The normalized spacial score (nSPS) is 14.6. The van der Waals surface area contributed by atoms with Crippen molar-refractivity contribution in [3.63, 3.8) is 0 Å². The zero-order valence-electron chi connectivity index (χ0n) is 38.1. The summed E-state index contributed by atoms with van der Waals surface area (Å²) in [5.74, 6) is -0.887. The molecule has 340 valence electrons. The number of esters is 2. The number of unbranched alkanes of at least 4 members (excludes halogenated alkanes) is 7. The molecular formula is C50H83NO8P+. The van der Waals surface area contributed by atoms with E-state index in [1.54, 1.807) is 0 Å². The second-order valence-electron chi connectivity index (χ2n) is 15.7. The van der Waals surface area contributed by atoms with Crippen LogP contribution < -0.4 is 0 Å². The van der Waals surface area contributed by atoms with Gasteiger partial charge in [-0.05, 0) is 77.0 Å². The molecule has 60 heavy (non-hydrogen) atoms. The molecule has 10 heteroatoms. The van der Waals surface area contributed by atoms with E-state index < -0.39 is 32.5 Å². The zero-order chi connectivity index (χ0) is 44.3. The zero-order valence-corrected chi connectivity index (χ0v) is 39.0. The summed E-state index contributed by atoms with van der Waals surface area (Å²) < 4.78 is 34.1. The number of phosphoric ester groups is 1. The van der Waals surface area contributed by atoms with Gasteiger partial charge in [0.25, 0.3) is 0 Å². The molecule has 0 aromatic carbocycles. The summed E-state index contributed by atoms with van der Waals surface area (Å²) in [4.78, 5) is 35.1. The fourth-order valence-electron chi connectivity index (χ4n) is 5.31. The number of rotatable bonds is 39. The lowest BCUT2D eigenvalue weighted by Crippen LogP contribution is -2.37. The lowest BCUT2D eigenvalue weighted by atomic mass is 10.1. The molecule has 1 N–H and O–H groups in total. The molecular weight excluding hydrogens is 774 g/mol. The number of quaternary nitrogens is 1. The maximum absolute atomic E-state index is 12.6. The van der Waals surface area contributed by atoms with Crippen LogP contribution in [0.15, 0.2) is 109 Å². The SMILES string of the molecule is CC/C=C\C/C=C\C/C=C\C/C=C\C/C=C\C/C=C\C/C=C\C/C=C\C/C=C\CCCC(=O)OC(COC(=O)CCCCCCCCC)COP(=O)(O)OCC[N+](C)(C)C. The first kappa shape index (κ1) is 56.7. The van der Waals surface area contributed by atoms with Gasteiger partial charge in [0.05, 0.1) is 27.7 Å². The second-order valence-corrected chi connectivity index (χ2v) is 17.2. The first-order valence-corrected chi connectivity index (χ1v) is 24.1. The van der Waals surface area contributed by atoms with E-state index in [1.807, 2.05) is 27.2 Å². The van der Waals surface area contributed by atoms with Gasteiger partial charge in [-0.3, -0.25) is 18.6 Å². The molecule has 0 aliphatic carbocycles. The molecule has 0 bridgehead atoms. The third-order valence-electron chi connectivity index (χ3n) is 8.82. The highest BCUT2D eigenvalue weighted by Gasteiger charge is 2.27. The van der Waals surface area contributed by atoms with Crippen molar-refractivity contribution in [2.45, 2.75) is 148 Å². The summed E-state index contributed by atoms with van der Waals surface area (Å²) in [6, 6.07) is 0. The van der Waals surface area contributed by atoms with Crippen LogP contribution in [0.25, 0.3) is 0 Å². The smallest absolute Gasteiger partial charge is 0.462 e. The third kappa shape index (κ3) is 44.2. The van der Waals surface area contributed by atoms with Gasteiger partial charge in [-0.25, -0.2) is 4.57 Å². The van der Waals surface area contributed by atoms with Crippen LogP contribution in [-0.4, -0.2) is 74.9 Å². The van der Waals surface area contributed by atoms with E-state index in [-0.39, 0.29) is 26.1 Å². The van der Waals surface area contributed by atoms with Gasteiger partial charge in [0.15, 0.2) is 6.10 Å². The number of nitrogens with zero attached hydrogens (tertiary/aromatic N) is 1. The van der Waals surface area contributed by atoms with Crippen molar-refractivity contribution in [2.24, 2.45) is 0 Å². The molecule has 0 aromatic heterocycles. The lowest BCUT2D eigenvalue weighted by Gasteiger charge is -2.24. The van der Waals surface area contributed by atoms with Gasteiger partial charge in [0.1, 0.15) is 19.8 Å². The van der Waals surface area contributed by atoms with Crippen molar-refractivity contribution in [1.82, 2.24) is 0 Å². The van der Waals surface area contributed by atoms with Crippen LogP contribution in [0.5, 0.6) is 0 Å². The van der Waals surface area contributed by atoms with E-state index in [9.17, 15) is 19.0 Å². The first-order chi connectivity index (χ1) is 29.0. The van der Waals surface area contributed by atoms with Crippen molar-refractivity contribution in [3.8, 4) is 0 Å². The van der Waals surface area contributed by atoms with E-state index in [2.05, 4.69) is 117 Å². The molecule has 9 nitrogen and oxygen atoms in total. The molecule has 0 saturated carbocycles. The molecule has 0 fully saturated rings. The van der Waals surface area contributed by atoms with Crippen molar-refractivity contribution >= 4 is 19.8 Å². The summed E-state index contributed by atoms with van der Waals surface area (Å²) in [7, 11) is 1.42. The van der Waals surface area contributed by atoms with Crippen LogP contribution in [0, 0.1) is 0 Å². The van der Waals surface area contributed by atoms with Gasteiger partial charge in [-0.2, -0.15) is 0 Å². The summed E-state index contributed by atoms with van der Waals surface area (Å²) in [6.45, 7) is 4.15.